The maximum Gasteiger partial charge on any atom is 0.338 e. The Kier molecular flexibility index (Phi) is 6.34. The van der Waals surface area contributed by atoms with Gasteiger partial charge in [0, 0.05) is 15.7 Å². The molecule has 0 bridgehead atoms. The molecule has 0 fully saturated rings. The molecule has 0 spiro atoms. The van der Waals surface area contributed by atoms with E-state index < -0.39 is 6.04 Å². The molecule has 1 aliphatic heterocycles. The van der Waals surface area contributed by atoms with Crippen LogP contribution < -0.4 is 10.6 Å². The lowest BCUT2D eigenvalue weighted by atomic mass is 9.98. The number of hydrogen-bond acceptors (Lipinski definition) is 4. The quantitative estimate of drug-likeness (QED) is 0.486. The Balaban J connectivity index is 1.99. The van der Waals surface area contributed by atoms with E-state index in [9.17, 15) is 4.79 Å². The molecule has 1 atom stereocenters. The van der Waals surface area contributed by atoms with Crippen LogP contribution in [0.1, 0.15) is 38.5 Å². The molecule has 1 aromatic heterocycles. The lowest BCUT2D eigenvalue weighted by Gasteiger charge is -2.29. The number of hydrogen-bond donors (Lipinski definition) is 2. The summed E-state index contributed by atoms with van der Waals surface area (Å²) >= 11 is 8.77. The number of ether oxygens (including phenoxy) is 1. The van der Waals surface area contributed by atoms with Crippen molar-refractivity contribution in [1.29, 1.82) is 0 Å². The van der Waals surface area contributed by atoms with Crippen LogP contribution in [0.4, 0.5) is 0 Å². The number of halogens is 1. The molecule has 0 aliphatic carbocycles. The Morgan fingerprint density at radius 3 is 2.63 bits per heavy atom. The summed E-state index contributed by atoms with van der Waals surface area (Å²) in [4.78, 5) is 12.6. The predicted molar refractivity (Wildman–Crippen MR) is 112 cm³/mol. The molecule has 2 N–H and O–H groups in total. The number of thiocarbonyl (C=S) groups is 1. The average Bonchev–Trinajstić information content (AvgIpc) is 3.12. The molecule has 0 amide bonds. The number of nitrogens with one attached hydrogen (secondary N) is 2. The Morgan fingerprint density at radius 2 is 1.96 bits per heavy atom. The monoisotopic (exact) mass is 448 g/mol. The summed E-state index contributed by atoms with van der Waals surface area (Å²) in [7, 11) is 0. The first-order valence-corrected chi connectivity index (χ1v) is 10.1. The summed E-state index contributed by atoms with van der Waals surface area (Å²) < 4.78 is 12.4. The molecule has 142 valence electrons. The minimum absolute atomic E-state index is 0.307. The summed E-state index contributed by atoms with van der Waals surface area (Å²) in [5, 5.41) is 6.72. The highest BCUT2D eigenvalue weighted by atomic mass is 79.9. The van der Waals surface area contributed by atoms with Crippen LogP contribution in [0.15, 0.2) is 56.6 Å². The van der Waals surface area contributed by atoms with E-state index in [-0.39, 0.29) is 5.97 Å². The van der Waals surface area contributed by atoms with E-state index in [2.05, 4.69) is 33.5 Å². The van der Waals surface area contributed by atoms with E-state index in [0.29, 0.717) is 29.5 Å². The van der Waals surface area contributed by atoms with Crippen molar-refractivity contribution in [2.45, 2.75) is 32.7 Å². The van der Waals surface area contributed by atoms with Crippen LogP contribution in [0, 0.1) is 0 Å². The van der Waals surface area contributed by atoms with Crippen molar-refractivity contribution in [3.05, 3.63) is 57.9 Å². The van der Waals surface area contributed by atoms with Gasteiger partial charge in [-0.1, -0.05) is 41.4 Å². The van der Waals surface area contributed by atoms with Gasteiger partial charge in [-0.2, -0.15) is 0 Å². The fourth-order valence-electron chi connectivity index (χ4n) is 3.01. The van der Waals surface area contributed by atoms with Gasteiger partial charge in [-0.15, -0.1) is 0 Å². The molecule has 0 radical (unpaired) electrons. The number of esters is 1. The first-order valence-electron chi connectivity index (χ1n) is 8.86. The Bertz CT molecular complexity index is 874. The van der Waals surface area contributed by atoms with Gasteiger partial charge in [-0.25, -0.2) is 4.79 Å². The number of furan rings is 1. The van der Waals surface area contributed by atoms with Gasteiger partial charge >= 0.3 is 5.97 Å². The van der Waals surface area contributed by atoms with Gasteiger partial charge in [-0.05, 0) is 49.8 Å². The number of benzene rings is 1. The van der Waals surface area contributed by atoms with Crippen molar-refractivity contribution in [3.63, 3.8) is 0 Å². The third kappa shape index (κ3) is 4.42. The third-order valence-corrected chi connectivity index (χ3v) is 4.94. The maximum absolute atomic E-state index is 12.6. The zero-order valence-electron chi connectivity index (χ0n) is 15.2. The van der Waals surface area contributed by atoms with Crippen LogP contribution in [-0.2, 0) is 9.53 Å². The van der Waals surface area contributed by atoms with Gasteiger partial charge in [0.2, 0.25) is 0 Å². The highest BCUT2D eigenvalue weighted by molar-refractivity contribution is 9.10. The van der Waals surface area contributed by atoms with Crippen LogP contribution in [0.25, 0.3) is 11.3 Å². The molecule has 0 saturated carbocycles. The van der Waals surface area contributed by atoms with Crippen molar-refractivity contribution < 1.29 is 13.9 Å². The second-order valence-corrected chi connectivity index (χ2v) is 7.43. The molecule has 5 nitrogen and oxygen atoms in total. The van der Waals surface area contributed by atoms with Crippen molar-refractivity contribution in [1.82, 2.24) is 10.6 Å². The fourth-order valence-corrected chi connectivity index (χ4v) is 3.51. The third-order valence-electron chi connectivity index (χ3n) is 4.19. The van der Waals surface area contributed by atoms with Crippen LogP contribution in [0.3, 0.4) is 0 Å². The largest absolute Gasteiger partial charge is 0.463 e. The molecule has 7 heteroatoms. The van der Waals surface area contributed by atoms with Crippen LogP contribution in [-0.4, -0.2) is 17.7 Å². The molecule has 1 aliphatic rings. The van der Waals surface area contributed by atoms with Crippen LogP contribution in [0.5, 0.6) is 0 Å². The first-order chi connectivity index (χ1) is 13.0. The summed E-state index contributed by atoms with van der Waals surface area (Å²) in [6.07, 6.45) is 1.58. The highest BCUT2D eigenvalue weighted by Crippen LogP contribution is 2.33. The van der Waals surface area contributed by atoms with E-state index in [1.54, 1.807) is 6.92 Å². The van der Waals surface area contributed by atoms with Crippen molar-refractivity contribution >= 4 is 39.2 Å². The number of carbonyl (C=O) groups is 1. The minimum atomic E-state index is -0.483. The van der Waals surface area contributed by atoms with Gasteiger partial charge in [0.05, 0.1) is 12.2 Å². The minimum Gasteiger partial charge on any atom is -0.463 e. The molecule has 1 aromatic carbocycles. The SMILES string of the molecule is CCCC1=C(C(=O)OCC)[C@H](c2ccc(-c3ccc(Br)cc3)o2)NC(=S)N1. The Labute approximate surface area is 172 Å². The second kappa shape index (κ2) is 8.71. The molecule has 2 aromatic rings. The molecule has 0 saturated heterocycles. The highest BCUT2D eigenvalue weighted by Gasteiger charge is 2.34. The van der Waals surface area contributed by atoms with Crippen molar-refractivity contribution in [2.24, 2.45) is 0 Å². The second-order valence-electron chi connectivity index (χ2n) is 6.10. The lowest BCUT2D eigenvalue weighted by Crippen LogP contribution is -2.45. The standard InChI is InChI=1S/C20H21BrN2O3S/c1-3-5-14-17(19(24)25-4-2)18(23-20(27)22-14)16-11-10-15(26-16)12-6-8-13(21)9-7-12/h6-11,18H,3-5H2,1-2H3,(H2,22,23,27)/t18-/m0/s1. The van der Waals surface area contributed by atoms with E-state index in [1.165, 1.54) is 0 Å². The molecule has 2 heterocycles. The summed E-state index contributed by atoms with van der Waals surface area (Å²) in [5.41, 5.74) is 2.26. The smallest absolute Gasteiger partial charge is 0.338 e. The van der Waals surface area contributed by atoms with Gasteiger partial charge < -0.3 is 19.8 Å². The zero-order chi connectivity index (χ0) is 19.4. The predicted octanol–water partition coefficient (Wildman–Crippen LogP) is 4.85. The zero-order valence-corrected chi connectivity index (χ0v) is 17.6. The van der Waals surface area contributed by atoms with Gasteiger partial charge in [0.25, 0.3) is 0 Å². The van der Waals surface area contributed by atoms with Crippen LogP contribution in [0.2, 0.25) is 0 Å². The summed E-state index contributed by atoms with van der Waals surface area (Å²) in [6, 6.07) is 11.1. The van der Waals surface area contributed by atoms with Gasteiger partial charge in [-0.3, -0.25) is 0 Å². The Morgan fingerprint density at radius 1 is 1.22 bits per heavy atom. The molecular formula is C20H21BrN2O3S. The van der Waals surface area contributed by atoms with Crippen LogP contribution >= 0.6 is 28.1 Å². The van der Waals surface area contributed by atoms with Gasteiger partial charge in [0.1, 0.15) is 17.6 Å². The van der Waals surface area contributed by atoms with Crippen molar-refractivity contribution in [2.75, 3.05) is 6.61 Å². The summed E-state index contributed by atoms with van der Waals surface area (Å²) in [5.74, 6) is 0.979. The van der Waals surface area contributed by atoms with Crippen molar-refractivity contribution in [3.8, 4) is 11.3 Å². The molecule has 0 unspecified atom stereocenters. The van der Waals surface area contributed by atoms with E-state index in [1.807, 2.05) is 36.4 Å². The summed E-state index contributed by atoms with van der Waals surface area (Å²) in [6.45, 7) is 4.15. The lowest BCUT2D eigenvalue weighted by molar-refractivity contribution is -0.139. The normalized spacial score (nSPS) is 16.7. The average molecular weight is 449 g/mol. The molecule has 27 heavy (non-hydrogen) atoms. The number of allylic oxidation sites excluding steroid dienone is 1. The molecular weight excluding hydrogens is 428 g/mol. The Hall–Kier alpha value is -2.12. The molecule has 3 rings (SSSR count). The topological polar surface area (TPSA) is 63.5 Å². The van der Waals surface area contributed by atoms with E-state index >= 15 is 0 Å². The van der Waals surface area contributed by atoms with E-state index in [0.717, 1.165) is 27.9 Å². The van der Waals surface area contributed by atoms with E-state index in [4.69, 9.17) is 21.4 Å². The number of rotatable bonds is 6. The maximum atomic E-state index is 12.6. The first kappa shape index (κ1) is 19.6. The fraction of sp³-hybridized carbons (Fsp3) is 0.300. The van der Waals surface area contributed by atoms with Gasteiger partial charge in [0.15, 0.2) is 5.11 Å². The number of carbonyl (C=O) groups excluding carboxylic acids is 1.